The third-order valence-corrected chi connectivity index (χ3v) is 4.33. The molecule has 1 N–H and O–H groups in total. The van der Waals surface area contributed by atoms with E-state index in [9.17, 15) is 9.90 Å². The van der Waals surface area contributed by atoms with Crippen molar-refractivity contribution < 1.29 is 9.90 Å². The molecule has 4 heteroatoms. The summed E-state index contributed by atoms with van der Waals surface area (Å²) in [5.74, 6) is -0.965. The topological polar surface area (TPSA) is 50.2 Å². The highest BCUT2D eigenvalue weighted by molar-refractivity contribution is 6.30. The molecule has 0 atom stereocenters. The van der Waals surface area contributed by atoms with Gasteiger partial charge in [-0.3, -0.25) is 0 Å². The van der Waals surface area contributed by atoms with Crippen molar-refractivity contribution in [3.63, 3.8) is 0 Å². The van der Waals surface area contributed by atoms with Gasteiger partial charge in [-0.25, -0.2) is 9.78 Å². The van der Waals surface area contributed by atoms with Crippen LogP contribution in [-0.4, -0.2) is 16.1 Å². The van der Waals surface area contributed by atoms with Gasteiger partial charge in [-0.15, -0.1) is 0 Å². The van der Waals surface area contributed by atoms with Crippen LogP contribution in [0.25, 0.3) is 32.9 Å². The summed E-state index contributed by atoms with van der Waals surface area (Å²) in [6, 6.07) is 20.4. The molecule has 0 spiro atoms. The Kier molecular flexibility index (Phi) is 3.44. The first-order valence-electron chi connectivity index (χ1n) is 7.45. The number of carboxylic acids is 1. The van der Waals surface area contributed by atoms with Crippen LogP contribution in [0.15, 0.2) is 66.7 Å². The summed E-state index contributed by atoms with van der Waals surface area (Å²) in [6.45, 7) is 0. The molecule has 0 fully saturated rings. The van der Waals surface area contributed by atoms with Gasteiger partial charge in [0.15, 0.2) is 0 Å². The number of nitrogens with zero attached hydrogens (tertiary/aromatic N) is 1. The van der Waals surface area contributed by atoms with Crippen LogP contribution in [0.3, 0.4) is 0 Å². The average Bonchev–Trinajstić information content (AvgIpc) is 2.61. The van der Waals surface area contributed by atoms with Crippen molar-refractivity contribution >= 4 is 39.2 Å². The molecule has 0 aliphatic rings. The van der Waals surface area contributed by atoms with Crippen LogP contribution in [-0.2, 0) is 0 Å². The van der Waals surface area contributed by atoms with Gasteiger partial charge in [0, 0.05) is 21.4 Å². The number of carbonyl (C=O) groups is 1. The molecule has 4 aromatic rings. The van der Waals surface area contributed by atoms with Gasteiger partial charge in [-0.2, -0.15) is 0 Å². The van der Waals surface area contributed by atoms with Crippen molar-refractivity contribution in [2.45, 2.75) is 0 Å². The Bertz CT molecular complexity index is 1090. The number of hydrogen-bond acceptors (Lipinski definition) is 2. The molecule has 1 aromatic heterocycles. The number of hydrogen-bond donors (Lipinski definition) is 1. The fourth-order valence-corrected chi connectivity index (χ4v) is 3.03. The molecule has 0 aliphatic heterocycles. The Labute approximate surface area is 143 Å². The van der Waals surface area contributed by atoms with Gasteiger partial charge in [0.2, 0.25) is 0 Å². The van der Waals surface area contributed by atoms with E-state index in [0.29, 0.717) is 21.6 Å². The molecular formula is C20H12ClNO2. The lowest BCUT2D eigenvalue weighted by Gasteiger charge is -2.10. The molecule has 0 unspecified atom stereocenters. The Morgan fingerprint density at radius 1 is 0.917 bits per heavy atom. The smallest absolute Gasteiger partial charge is 0.336 e. The molecular weight excluding hydrogens is 322 g/mol. The van der Waals surface area contributed by atoms with E-state index < -0.39 is 5.97 Å². The average molecular weight is 334 g/mol. The Hall–Kier alpha value is -2.91. The van der Waals surface area contributed by atoms with Gasteiger partial charge >= 0.3 is 5.97 Å². The van der Waals surface area contributed by atoms with Gasteiger partial charge in [0.1, 0.15) is 0 Å². The van der Waals surface area contributed by atoms with Crippen molar-refractivity contribution in [1.29, 1.82) is 0 Å². The number of pyridine rings is 1. The fourth-order valence-electron chi connectivity index (χ4n) is 2.91. The summed E-state index contributed by atoms with van der Waals surface area (Å²) in [5.41, 5.74) is 2.39. The standard InChI is InChI=1S/C20H12ClNO2/c21-14-8-5-13(6-9-14)18-11-17(20(23)24)16-10-7-12-3-1-2-4-15(12)19(16)22-18/h1-11H,(H,23,24). The first kappa shape index (κ1) is 14.7. The number of rotatable bonds is 2. The number of aromatic carboxylic acids is 1. The molecule has 116 valence electrons. The largest absolute Gasteiger partial charge is 0.478 e. The summed E-state index contributed by atoms with van der Waals surface area (Å²) in [7, 11) is 0. The monoisotopic (exact) mass is 333 g/mol. The van der Waals surface area contributed by atoms with Gasteiger partial charge in [0.05, 0.1) is 16.8 Å². The van der Waals surface area contributed by atoms with E-state index in [4.69, 9.17) is 16.6 Å². The molecule has 24 heavy (non-hydrogen) atoms. The van der Waals surface area contributed by atoms with Gasteiger partial charge in [-0.05, 0) is 23.6 Å². The van der Waals surface area contributed by atoms with Crippen LogP contribution in [0.1, 0.15) is 10.4 Å². The van der Waals surface area contributed by atoms with Crippen LogP contribution in [0.2, 0.25) is 5.02 Å². The van der Waals surface area contributed by atoms with E-state index in [1.807, 2.05) is 48.5 Å². The highest BCUT2D eigenvalue weighted by atomic mass is 35.5. The van der Waals surface area contributed by atoms with Crippen molar-refractivity contribution in [3.8, 4) is 11.3 Å². The SMILES string of the molecule is O=C(O)c1cc(-c2ccc(Cl)cc2)nc2c1ccc1ccccc12. The highest BCUT2D eigenvalue weighted by Gasteiger charge is 2.14. The number of benzene rings is 3. The minimum atomic E-state index is -0.965. The highest BCUT2D eigenvalue weighted by Crippen LogP contribution is 2.30. The Balaban J connectivity index is 2.10. The second-order valence-electron chi connectivity index (χ2n) is 5.55. The number of carboxylic acid groups (broad SMARTS) is 1. The maximum Gasteiger partial charge on any atom is 0.336 e. The Morgan fingerprint density at radius 2 is 1.67 bits per heavy atom. The first-order chi connectivity index (χ1) is 11.6. The van der Waals surface area contributed by atoms with Crippen LogP contribution >= 0.6 is 11.6 Å². The van der Waals surface area contributed by atoms with Gasteiger partial charge < -0.3 is 5.11 Å². The van der Waals surface area contributed by atoms with E-state index in [-0.39, 0.29) is 5.56 Å². The van der Waals surface area contributed by atoms with Gasteiger partial charge in [0.25, 0.3) is 0 Å². The second-order valence-corrected chi connectivity index (χ2v) is 5.99. The van der Waals surface area contributed by atoms with Gasteiger partial charge in [-0.1, -0.05) is 60.1 Å². The molecule has 0 amide bonds. The fraction of sp³-hybridized carbons (Fsp3) is 0. The Morgan fingerprint density at radius 3 is 2.42 bits per heavy atom. The summed E-state index contributed by atoms with van der Waals surface area (Å²) < 4.78 is 0. The lowest BCUT2D eigenvalue weighted by molar-refractivity contribution is 0.0699. The summed E-state index contributed by atoms with van der Waals surface area (Å²) in [5, 5.41) is 12.9. The molecule has 0 bridgehead atoms. The van der Waals surface area contributed by atoms with Crippen molar-refractivity contribution in [1.82, 2.24) is 4.98 Å². The summed E-state index contributed by atoms with van der Waals surface area (Å²) >= 11 is 5.94. The zero-order valence-corrected chi connectivity index (χ0v) is 13.3. The first-order valence-corrected chi connectivity index (χ1v) is 7.83. The van der Waals surface area contributed by atoms with Crippen LogP contribution < -0.4 is 0 Å². The number of halogens is 1. The zero-order valence-electron chi connectivity index (χ0n) is 12.5. The quantitative estimate of drug-likeness (QED) is 0.499. The predicted octanol–water partition coefficient (Wildman–Crippen LogP) is 5.41. The maximum atomic E-state index is 11.7. The molecule has 0 saturated heterocycles. The number of aromatic nitrogens is 1. The number of fused-ring (bicyclic) bond motifs is 3. The third kappa shape index (κ3) is 2.39. The normalized spacial score (nSPS) is 11.0. The lowest BCUT2D eigenvalue weighted by Crippen LogP contribution is -2.00. The van der Waals surface area contributed by atoms with Crippen molar-refractivity contribution in [3.05, 3.63) is 77.3 Å². The van der Waals surface area contributed by atoms with E-state index in [1.165, 1.54) is 0 Å². The minimum absolute atomic E-state index is 0.246. The third-order valence-electron chi connectivity index (χ3n) is 4.07. The van der Waals surface area contributed by atoms with E-state index in [2.05, 4.69) is 0 Å². The van der Waals surface area contributed by atoms with Crippen LogP contribution in [0.5, 0.6) is 0 Å². The van der Waals surface area contributed by atoms with E-state index in [0.717, 1.165) is 16.3 Å². The van der Waals surface area contributed by atoms with Crippen molar-refractivity contribution in [2.24, 2.45) is 0 Å². The van der Waals surface area contributed by atoms with Crippen LogP contribution in [0, 0.1) is 0 Å². The molecule has 3 nitrogen and oxygen atoms in total. The van der Waals surface area contributed by atoms with Crippen LogP contribution in [0.4, 0.5) is 0 Å². The second kappa shape index (κ2) is 5.62. The van der Waals surface area contributed by atoms with E-state index >= 15 is 0 Å². The molecule has 1 heterocycles. The molecule has 3 aromatic carbocycles. The predicted molar refractivity (Wildman–Crippen MR) is 96.7 cm³/mol. The molecule has 0 radical (unpaired) electrons. The van der Waals surface area contributed by atoms with E-state index in [1.54, 1.807) is 18.2 Å². The van der Waals surface area contributed by atoms with Crippen molar-refractivity contribution in [2.75, 3.05) is 0 Å². The lowest BCUT2D eigenvalue weighted by atomic mass is 10.00. The molecule has 4 rings (SSSR count). The minimum Gasteiger partial charge on any atom is -0.478 e. The molecule has 0 saturated carbocycles. The summed E-state index contributed by atoms with van der Waals surface area (Å²) in [6.07, 6.45) is 0. The maximum absolute atomic E-state index is 11.7. The summed E-state index contributed by atoms with van der Waals surface area (Å²) in [4.78, 5) is 16.5. The molecule has 0 aliphatic carbocycles. The zero-order chi connectivity index (χ0) is 16.7.